The molecule has 6 heteroatoms. The molecule has 0 spiro atoms. The fourth-order valence-corrected chi connectivity index (χ4v) is 2.29. The normalized spacial score (nSPS) is 16.8. The number of halogens is 1. The van der Waals surface area contributed by atoms with Crippen LogP contribution in [0, 0.1) is 0 Å². The largest absolute Gasteiger partial charge is 0.367 e. The van der Waals surface area contributed by atoms with E-state index >= 15 is 0 Å². The summed E-state index contributed by atoms with van der Waals surface area (Å²) >= 11 is 5.68. The van der Waals surface area contributed by atoms with E-state index in [0.29, 0.717) is 19.0 Å². The molecule has 2 rings (SSSR count). The number of H-pyrrole nitrogens is 1. The molecular formula is C12H16ClN3O2. The van der Waals surface area contributed by atoms with Gasteiger partial charge in [0.15, 0.2) is 5.43 Å². The first-order chi connectivity index (χ1) is 8.72. The van der Waals surface area contributed by atoms with Crippen molar-refractivity contribution in [1.82, 2.24) is 14.8 Å². The number of carbonyl (C=O) groups is 1. The highest BCUT2D eigenvalue weighted by Gasteiger charge is 2.23. The van der Waals surface area contributed by atoms with E-state index < -0.39 is 0 Å². The molecule has 5 nitrogen and oxygen atoms in total. The fraction of sp³-hybridized carbons (Fsp3) is 0.500. The maximum Gasteiger partial charge on any atom is 0.259 e. The number of rotatable bonds is 3. The number of aromatic nitrogens is 1. The zero-order valence-electron chi connectivity index (χ0n) is 10.1. The van der Waals surface area contributed by atoms with Gasteiger partial charge in [-0.15, -0.1) is 11.6 Å². The number of hydrogen-bond acceptors (Lipinski definition) is 3. The van der Waals surface area contributed by atoms with Gasteiger partial charge in [-0.3, -0.25) is 14.5 Å². The Kier molecular flexibility index (Phi) is 4.38. The van der Waals surface area contributed by atoms with Crippen molar-refractivity contribution in [3.63, 3.8) is 0 Å². The van der Waals surface area contributed by atoms with Gasteiger partial charge in [0.25, 0.3) is 5.91 Å². The van der Waals surface area contributed by atoms with E-state index in [9.17, 15) is 9.59 Å². The average molecular weight is 270 g/mol. The number of amides is 1. The van der Waals surface area contributed by atoms with Crippen LogP contribution in [0.25, 0.3) is 0 Å². The second-order valence-corrected chi connectivity index (χ2v) is 4.62. The molecule has 0 aromatic carbocycles. The zero-order chi connectivity index (χ0) is 13.0. The van der Waals surface area contributed by atoms with Crippen LogP contribution in [0.15, 0.2) is 23.3 Å². The Morgan fingerprint density at radius 2 is 2.06 bits per heavy atom. The second-order valence-electron chi connectivity index (χ2n) is 4.25. The molecule has 1 N–H and O–H groups in total. The van der Waals surface area contributed by atoms with Crippen LogP contribution in [0.5, 0.6) is 0 Å². The highest BCUT2D eigenvalue weighted by atomic mass is 35.5. The van der Waals surface area contributed by atoms with Crippen molar-refractivity contribution < 1.29 is 4.79 Å². The fourth-order valence-electron chi connectivity index (χ4n) is 2.05. The van der Waals surface area contributed by atoms with Crippen LogP contribution >= 0.6 is 11.6 Å². The van der Waals surface area contributed by atoms with E-state index in [4.69, 9.17) is 11.6 Å². The van der Waals surface area contributed by atoms with E-state index in [-0.39, 0.29) is 16.9 Å². The summed E-state index contributed by atoms with van der Waals surface area (Å²) in [4.78, 5) is 30.4. The van der Waals surface area contributed by atoms with E-state index in [1.807, 2.05) is 0 Å². The summed E-state index contributed by atoms with van der Waals surface area (Å²) in [5, 5.41) is 0. The number of piperazine rings is 1. The Morgan fingerprint density at radius 3 is 2.67 bits per heavy atom. The molecule has 0 saturated carbocycles. The summed E-state index contributed by atoms with van der Waals surface area (Å²) in [7, 11) is 0. The lowest BCUT2D eigenvalue weighted by atomic mass is 10.2. The summed E-state index contributed by atoms with van der Waals surface area (Å²) in [5.41, 5.74) is -0.0229. The Morgan fingerprint density at radius 1 is 1.33 bits per heavy atom. The predicted molar refractivity (Wildman–Crippen MR) is 70.1 cm³/mol. The molecular weight excluding hydrogens is 254 g/mol. The van der Waals surface area contributed by atoms with Crippen molar-refractivity contribution in [2.75, 3.05) is 38.6 Å². The molecule has 1 aliphatic heterocycles. The lowest BCUT2D eigenvalue weighted by Crippen LogP contribution is -2.49. The lowest BCUT2D eigenvalue weighted by Gasteiger charge is -2.34. The molecule has 18 heavy (non-hydrogen) atoms. The minimum atomic E-state index is -0.234. The standard InChI is InChI=1S/C12H16ClN3O2/c13-2-4-15-5-7-16(8-6-15)12(18)10-9-14-3-1-11(10)17/h1,3,9H,2,4-8H2,(H,14,17). The van der Waals surface area contributed by atoms with Crippen molar-refractivity contribution in [2.24, 2.45) is 0 Å². The van der Waals surface area contributed by atoms with E-state index in [0.717, 1.165) is 19.6 Å². The van der Waals surface area contributed by atoms with Gasteiger partial charge in [0.1, 0.15) is 5.56 Å². The first-order valence-corrected chi connectivity index (χ1v) is 6.50. The van der Waals surface area contributed by atoms with Gasteiger partial charge in [0.05, 0.1) is 0 Å². The van der Waals surface area contributed by atoms with Crippen molar-refractivity contribution in [3.8, 4) is 0 Å². The molecule has 0 aliphatic carbocycles. The molecule has 1 fully saturated rings. The molecule has 98 valence electrons. The van der Waals surface area contributed by atoms with Crippen molar-refractivity contribution in [2.45, 2.75) is 0 Å². The van der Waals surface area contributed by atoms with Gasteiger partial charge in [-0.2, -0.15) is 0 Å². The topological polar surface area (TPSA) is 56.4 Å². The monoisotopic (exact) mass is 269 g/mol. The van der Waals surface area contributed by atoms with E-state index in [2.05, 4.69) is 9.88 Å². The van der Waals surface area contributed by atoms with Crippen LogP contribution in [-0.4, -0.2) is 59.3 Å². The SMILES string of the molecule is O=C(c1c[nH]ccc1=O)N1CCN(CCCl)CC1. The number of nitrogens with zero attached hydrogens (tertiary/aromatic N) is 2. The summed E-state index contributed by atoms with van der Waals surface area (Å²) in [6.45, 7) is 3.75. The van der Waals surface area contributed by atoms with Gasteiger partial charge in [0, 0.05) is 57.1 Å². The van der Waals surface area contributed by atoms with Crippen molar-refractivity contribution >= 4 is 17.5 Å². The highest BCUT2D eigenvalue weighted by Crippen LogP contribution is 2.05. The van der Waals surface area contributed by atoms with E-state index in [1.165, 1.54) is 18.5 Å². The molecule has 1 amide bonds. The van der Waals surface area contributed by atoms with Gasteiger partial charge in [-0.05, 0) is 0 Å². The Bertz CT molecular complexity index is 466. The third-order valence-corrected chi connectivity index (χ3v) is 3.28. The molecule has 1 aromatic rings. The minimum Gasteiger partial charge on any atom is -0.367 e. The van der Waals surface area contributed by atoms with Gasteiger partial charge >= 0.3 is 0 Å². The lowest BCUT2D eigenvalue weighted by molar-refractivity contribution is 0.0642. The van der Waals surface area contributed by atoms with Crippen LogP contribution in [0.4, 0.5) is 0 Å². The Labute approximate surface area is 110 Å². The first-order valence-electron chi connectivity index (χ1n) is 5.97. The smallest absolute Gasteiger partial charge is 0.259 e. The first kappa shape index (κ1) is 13.1. The molecule has 0 bridgehead atoms. The molecule has 0 unspecified atom stereocenters. The molecule has 1 aromatic heterocycles. The maximum absolute atomic E-state index is 12.1. The number of nitrogens with one attached hydrogen (secondary N) is 1. The summed E-state index contributed by atoms with van der Waals surface area (Å²) in [5.74, 6) is 0.411. The summed E-state index contributed by atoms with van der Waals surface area (Å²) < 4.78 is 0. The average Bonchev–Trinajstić information content (AvgIpc) is 2.40. The van der Waals surface area contributed by atoms with Gasteiger partial charge in [-0.25, -0.2) is 0 Å². The Hall–Kier alpha value is -1.33. The van der Waals surface area contributed by atoms with Crippen LogP contribution in [0.3, 0.4) is 0 Å². The van der Waals surface area contributed by atoms with Crippen molar-refractivity contribution in [3.05, 3.63) is 34.2 Å². The number of pyridine rings is 1. The van der Waals surface area contributed by atoms with Crippen LogP contribution in [-0.2, 0) is 0 Å². The molecule has 1 saturated heterocycles. The minimum absolute atomic E-state index is 0.192. The molecule has 2 heterocycles. The summed E-state index contributed by atoms with van der Waals surface area (Å²) in [6, 6.07) is 1.37. The number of carbonyl (C=O) groups excluding carboxylic acids is 1. The highest BCUT2D eigenvalue weighted by molar-refractivity contribution is 6.18. The van der Waals surface area contributed by atoms with Gasteiger partial charge < -0.3 is 9.88 Å². The number of hydrogen-bond donors (Lipinski definition) is 1. The quantitative estimate of drug-likeness (QED) is 0.807. The van der Waals surface area contributed by atoms with Crippen LogP contribution in [0.2, 0.25) is 0 Å². The van der Waals surface area contributed by atoms with E-state index in [1.54, 1.807) is 4.90 Å². The van der Waals surface area contributed by atoms with Crippen molar-refractivity contribution in [1.29, 1.82) is 0 Å². The molecule has 1 aliphatic rings. The molecule has 0 atom stereocenters. The third kappa shape index (κ3) is 2.91. The van der Waals surface area contributed by atoms with Crippen LogP contribution < -0.4 is 5.43 Å². The van der Waals surface area contributed by atoms with Crippen LogP contribution in [0.1, 0.15) is 10.4 Å². The summed E-state index contributed by atoms with van der Waals surface area (Å²) in [6.07, 6.45) is 2.99. The Balaban J connectivity index is 2.00. The second kappa shape index (κ2) is 6.02. The van der Waals surface area contributed by atoms with Gasteiger partial charge in [0.2, 0.25) is 0 Å². The third-order valence-electron chi connectivity index (χ3n) is 3.11. The van der Waals surface area contributed by atoms with Gasteiger partial charge in [-0.1, -0.05) is 0 Å². The number of aromatic amines is 1. The number of alkyl halides is 1. The predicted octanol–water partition coefficient (Wildman–Crippen LogP) is 0.371. The zero-order valence-corrected chi connectivity index (χ0v) is 10.8. The maximum atomic E-state index is 12.1. The molecule has 0 radical (unpaired) electrons.